The average molecular weight is 453 g/mol. The van der Waals surface area contributed by atoms with Gasteiger partial charge in [0.1, 0.15) is 17.3 Å². The summed E-state index contributed by atoms with van der Waals surface area (Å²) < 4.78 is 11.2. The molecule has 0 radical (unpaired) electrons. The Bertz CT molecular complexity index is 1010. The van der Waals surface area contributed by atoms with Gasteiger partial charge in [-0.1, -0.05) is 31.2 Å². The number of rotatable bonds is 10. The largest absolute Gasteiger partial charge is 0.507 e. The highest BCUT2D eigenvalue weighted by molar-refractivity contribution is 6.46. The van der Waals surface area contributed by atoms with Crippen molar-refractivity contribution in [2.75, 3.05) is 40.4 Å². The van der Waals surface area contributed by atoms with Gasteiger partial charge in [0.15, 0.2) is 0 Å². The SMILES string of the molecule is CCCOc1ccc(C2/C(=C(\O)c3cccc(OCC)c3)C(=O)C(=O)N2CCN(C)C)cc1. The fourth-order valence-electron chi connectivity index (χ4n) is 3.79. The summed E-state index contributed by atoms with van der Waals surface area (Å²) in [6, 6.07) is 13.5. The molecule has 33 heavy (non-hydrogen) atoms. The third kappa shape index (κ3) is 5.54. The van der Waals surface area contributed by atoms with Gasteiger partial charge in [-0.2, -0.15) is 0 Å². The van der Waals surface area contributed by atoms with E-state index in [1.54, 1.807) is 24.3 Å². The molecule has 2 aromatic rings. The molecule has 0 aliphatic carbocycles. The highest BCUT2D eigenvalue weighted by Crippen LogP contribution is 2.40. The summed E-state index contributed by atoms with van der Waals surface area (Å²) in [4.78, 5) is 29.6. The number of carbonyl (C=O) groups is 2. The number of carbonyl (C=O) groups excluding carboxylic acids is 2. The Morgan fingerprint density at radius 1 is 1.03 bits per heavy atom. The van der Waals surface area contributed by atoms with E-state index in [1.165, 1.54) is 4.90 Å². The lowest BCUT2D eigenvalue weighted by atomic mass is 9.95. The maximum Gasteiger partial charge on any atom is 0.295 e. The molecular weight excluding hydrogens is 420 g/mol. The molecule has 176 valence electrons. The smallest absolute Gasteiger partial charge is 0.295 e. The number of aliphatic hydroxyl groups excluding tert-OH is 1. The van der Waals surface area contributed by atoms with Gasteiger partial charge < -0.3 is 24.4 Å². The van der Waals surface area contributed by atoms with Gasteiger partial charge in [0, 0.05) is 18.7 Å². The summed E-state index contributed by atoms with van der Waals surface area (Å²) in [6.45, 7) is 5.93. The second kappa shape index (κ2) is 11.0. The van der Waals surface area contributed by atoms with E-state index in [0.29, 0.717) is 37.6 Å². The van der Waals surface area contributed by atoms with Crippen molar-refractivity contribution in [1.29, 1.82) is 0 Å². The lowest BCUT2D eigenvalue weighted by Crippen LogP contribution is -2.35. The van der Waals surface area contributed by atoms with Crippen LogP contribution in [0.5, 0.6) is 11.5 Å². The molecule has 1 amide bonds. The molecular formula is C26H32N2O5. The van der Waals surface area contributed by atoms with Gasteiger partial charge in [0.2, 0.25) is 0 Å². The molecule has 3 rings (SSSR count). The van der Waals surface area contributed by atoms with Crippen molar-refractivity contribution in [2.24, 2.45) is 0 Å². The van der Waals surface area contributed by atoms with E-state index < -0.39 is 17.7 Å². The number of benzene rings is 2. The van der Waals surface area contributed by atoms with Gasteiger partial charge in [0.05, 0.1) is 24.8 Å². The van der Waals surface area contributed by atoms with E-state index in [9.17, 15) is 14.7 Å². The lowest BCUT2D eigenvalue weighted by molar-refractivity contribution is -0.140. The predicted molar refractivity (Wildman–Crippen MR) is 127 cm³/mol. The van der Waals surface area contributed by atoms with E-state index in [4.69, 9.17) is 9.47 Å². The number of hydrogen-bond donors (Lipinski definition) is 1. The average Bonchev–Trinajstić information content (AvgIpc) is 3.06. The zero-order chi connectivity index (χ0) is 24.0. The van der Waals surface area contributed by atoms with Crippen LogP contribution in [0.25, 0.3) is 5.76 Å². The highest BCUT2D eigenvalue weighted by Gasteiger charge is 2.45. The molecule has 7 nitrogen and oxygen atoms in total. The minimum atomic E-state index is -0.694. The zero-order valence-corrected chi connectivity index (χ0v) is 19.7. The van der Waals surface area contributed by atoms with Gasteiger partial charge in [-0.3, -0.25) is 9.59 Å². The molecule has 0 spiro atoms. The fourth-order valence-corrected chi connectivity index (χ4v) is 3.79. The fraction of sp³-hybridized carbons (Fsp3) is 0.385. The third-order valence-electron chi connectivity index (χ3n) is 5.42. The normalized spacial score (nSPS) is 17.6. The molecule has 1 N–H and O–H groups in total. The number of Topliss-reactive ketones (excluding diaryl/α,β-unsaturated/α-hetero) is 1. The molecule has 7 heteroatoms. The molecule has 1 saturated heterocycles. The minimum absolute atomic E-state index is 0.0784. The molecule has 0 bridgehead atoms. The molecule has 1 heterocycles. The van der Waals surface area contributed by atoms with Crippen LogP contribution in [-0.2, 0) is 9.59 Å². The van der Waals surface area contributed by atoms with Crippen molar-refractivity contribution in [2.45, 2.75) is 26.3 Å². The summed E-state index contributed by atoms with van der Waals surface area (Å²) in [5.41, 5.74) is 1.24. The topological polar surface area (TPSA) is 79.3 Å². The summed E-state index contributed by atoms with van der Waals surface area (Å²) in [5.74, 6) is -0.216. The van der Waals surface area contributed by atoms with E-state index in [1.807, 2.05) is 57.1 Å². The first-order valence-electron chi connectivity index (χ1n) is 11.3. The molecule has 1 fully saturated rings. The summed E-state index contributed by atoms with van der Waals surface area (Å²) in [6.07, 6.45) is 0.896. The van der Waals surface area contributed by atoms with Crippen LogP contribution in [0.2, 0.25) is 0 Å². The van der Waals surface area contributed by atoms with Crippen LogP contribution in [0.3, 0.4) is 0 Å². The maximum atomic E-state index is 13.1. The highest BCUT2D eigenvalue weighted by atomic mass is 16.5. The van der Waals surface area contributed by atoms with Gasteiger partial charge in [-0.05, 0) is 57.3 Å². The van der Waals surface area contributed by atoms with Crippen LogP contribution in [0.4, 0.5) is 0 Å². The van der Waals surface area contributed by atoms with Gasteiger partial charge in [-0.25, -0.2) is 0 Å². The lowest BCUT2D eigenvalue weighted by Gasteiger charge is -2.26. The van der Waals surface area contributed by atoms with Crippen molar-refractivity contribution in [3.05, 3.63) is 65.2 Å². The Hall–Kier alpha value is -3.32. The molecule has 1 aliphatic rings. The molecule has 0 aromatic heterocycles. The Labute approximate surface area is 195 Å². The van der Waals surface area contributed by atoms with Crippen LogP contribution in [0.1, 0.15) is 37.4 Å². The first kappa shape index (κ1) is 24.3. The van der Waals surface area contributed by atoms with Gasteiger partial charge in [0.25, 0.3) is 11.7 Å². The van der Waals surface area contributed by atoms with Gasteiger partial charge >= 0.3 is 0 Å². The second-order valence-corrected chi connectivity index (χ2v) is 8.17. The van der Waals surface area contributed by atoms with Crippen molar-refractivity contribution in [3.63, 3.8) is 0 Å². The van der Waals surface area contributed by atoms with Crippen LogP contribution in [-0.4, -0.2) is 67.0 Å². The van der Waals surface area contributed by atoms with Crippen LogP contribution in [0.15, 0.2) is 54.1 Å². The first-order chi connectivity index (χ1) is 15.9. The number of aliphatic hydroxyl groups is 1. The molecule has 0 saturated carbocycles. The predicted octanol–water partition coefficient (Wildman–Crippen LogP) is 3.86. The summed E-state index contributed by atoms with van der Waals surface area (Å²) in [5, 5.41) is 11.2. The zero-order valence-electron chi connectivity index (χ0n) is 19.7. The van der Waals surface area contributed by atoms with Crippen molar-refractivity contribution in [1.82, 2.24) is 9.80 Å². The number of nitrogens with zero attached hydrogens (tertiary/aromatic N) is 2. The maximum absolute atomic E-state index is 13.1. The monoisotopic (exact) mass is 452 g/mol. The van der Waals surface area contributed by atoms with Crippen LogP contribution in [0, 0.1) is 0 Å². The Balaban J connectivity index is 2.07. The van der Waals surface area contributed by atoms with E-state index >= 15 is 0 Å². The summed E-state index contributed by atoms with van der Waals surface area (Å²) in [7, 11) is 3.81. The van der Waals surface area contributed by atoms with E-state index in [0.717, 1.165) is 17.7 Å². The van der Waals surface area contributed by atoms with E-state index in [2.05, 4.69) is 0 Å². The second-order valence-electron chi connectivity index (χ2n) is 8.17. The number of ketones is 1. The first-order valence-corrected chi connectivity index (χ1v) is 11.3. The third-order valence-corrected chi connectivity index (χ3v) is 5.42. The van der Waals surface area contributed by atoms with Crippen molar-refractivity contribution in [3.8, 4) is 11.5 Å². The number of hydrogen-bond acceptors (Lipinski definition) is 6. The standard InChI is InChI=1S/C26H32N2O5/c1-5-16-33-20-12-10-18(11-13-20)23-22(25(30)26(31)28(23)15-14-27(3)4)24(29)19-8-7-9-21(17-19)32-6-2/h7-13,17,23,29H,5-6,14-16H2,1-4H3/b24-22+. The summed E-state index contributed by atoms with van der Waals surface area (Å²) >= 11 is 0. The number of likely N-dealkylation sites (N-methyl/N-ethyl adjacent to an activating group) is 1. The molecule has 1 unspecified atom stereocenters. The van der Waals surface area contributed by atoms with Crippen LogP contribution < -0.4 is 9.47 Å². The van der Waals surface area contributed by atoms with Crippen molar-refractivity contribution < 1.29 is 24.2 Å². The molecule has 1 atom stereocenters. The van der Waals surface area contributed by atoms with Gasteiger partial charge in [-0.15, -0.1) is 0 Å². The van der Waals surface area contributed by atoms with E-state index in [-0.39, 0.29) is 11.3 Å². The molecule has 2 aromatic carbocycles. The minimum Gasteiger partial charge on any atom is -0.507 e. The number of ether oxygens (including phenoxy) is 2. The Morgan fingerprint density at radius 3 is 2.39 bits per heavy atom. The van der Waals surface area contributed by atoms with Crippen LogP contribution >= 0.6 is 0 Å². The number of likely N-dealkylation sites (tertiary alicyclic amines) is 1. The molecule has 1 aliphatic heterocycles. The Morgan fingerprint density at radius 2 is 1.76 bits per heavy atom. The van der Waals surface area contributed by atoms with Crippen molar-refractivity contribution >= 4 is 17.4 Å². The number of amides is 1. The Kier molecular flexibility index (Phi) is 8.11. The quantitative estimate of drug-likeness (QED) is 0.335.